The summed E-state index contributed by atoms with van der Waals surface area (Å²) in [6.07, 6.45) is 0.922. The van der Waals surface area contributed by atoms with Gasteiger partial charge in [0.25, 0.3) is 0 Å². The standard InChI is InChI=1S/C13H20BrNO2/c1-9(2)6-11(8-16)15-7-10-4-3-5-12(14)13(10)17/h3-5,9,11,15-17H,6-8H2,1-2H3. The number of halogens is 1. The fraction of sp³-hybridized carbons (Fsp3) is 0.538. The Morgan fingerprint density at radius 1 is 1.35 bits per heavy atom. The maximum Gasteiger partial charge on any atom is 0.134 e. The molecule has 0 bridgehead atoms. The van der Waals surface area contributed by atoms with Crippen LogP contribution in [0.5, 0.6) is 5.75 Å². The van der Waals surface area contributed by atoms with E-state index in [0.717, 1.165) is 12.0 Å². The van der Waals surface area contributed by atoms with Gasteiger partial charge in [-0.2, -0.15) is 0 Å². The third-order valence-electron chi connectivity index (χ3n) is 2.63. The molecule has 1 rings (SSSR count). The van der Waals surface area contributed by atoms with Gasteiger partial charge in [-0.15, -0.1) is 0 Å². The van der Waals surface area contributed by atoms with E-state index in [1.54, 1.807) is 6.07 Å². The molecule has 1 unspecified atom stereocenters. The zero-order valence-corrected chi connectivity index (χ0v) is 11.9. The molecule has 0 fully saturated rings. The average Bonchev–Trinajstić information content (AvgIpc) is 2.28. The topological polar surface area (TPSA) is 52.5 Å². The van der Waals surface area contributed by atoms with E-state index in [4.69, 9.17) is 0 Å². The first-order valence-electron chi connectivity index (χ1n) is 5.85. The van der Waals surface area contributed by atoms with Crippen molar-refractivity contribution in [1.29, 1.82) is 0 Å². The number of hydrogen-bond acceptors (Lipinski definition) is 3. The third-order valence-corrected chi connectivity index (χ3v) is 3.27. The van der Waals surface area contributed by atoms with Gasteiger partial charge in [0.2, 0.25) is 0 Å². The van der Waals surface area contributed by atoms with E-state index < -0.39 is 0 Å². The maximum atomic E-state index is 9.82. The van der Waals surface area contributed by atoms with E-state index in [1.165, 1.54) is 0 Å². The van der Waals surface area contributed by atoms with Crippen LogP contribution in [0.25, 0.3) is 0 Å². The quantitative estimate of drug-likeness (QED) is 0.757. The molecule has 1 aromatic carbocycles. The lowest BCUT2D eigenvalue weighted by atomic mass is 10.0. The number of aliphatic hydroxyl groups excluding tert-OH is 1. The van der Waals surface area contributed by atoms with Gasteiger partial charge in [-0.25, -0.2) is 0 Å². The summed E-state index contributed by atoms with van der Waals surface area (Å²) >= 11 is 3.28. The first-order valence-corrected chi connectivity index (χ1v) is 6.64. The minimum atomic E-state index is 0.0772. The summed E-state index contributed by atoms with van der Waals surface area (Å²) in [7, 11) is 0. The summed E-state index contributed by atoms with van der Waals surface area (Å²) < 4.78 is 0.696. The molecule has 0 spiro atoms. The molecule has 0 aliphatic heterocycles. The Bertz CT molecular complexity index is 355. The zero-order valence-electron chi connectivity index (χ0n) is 10.3. The highest BCUT2D eigenvalue weighted by Gasteiger charge is 2.11. The summed E-state index contributed by atoms with van der Waals surface area (Å²) in [5.41, 5.74) is 0.835. The van der Waals surface area contributed by atoms with Gasteiger partial charge in [-0.05, 0) is 34.3 Å². The van der Waals surface area contributed by atoms with Crippen molar-refractivity contribution in [1.82, 2.24) is 5.32 Å². The molecule has 1 atom stereocenters. The predicted molar refractivity (Wildman–Crippen MR) is 73.0 cm³/mol. The average molecular weight is 302 g/mol. The van der Waals surface area contributed by atoms with Crippen LogP contribution in [0.15, 0.2) is 22.7 Å². The number of rotatable bonds is 6. The molecule has 96 valence electrons. The van der Waals surface area contributed by atoms with Gasteiger partial charge in [0.05, 0.1) is 11.1 Å². The van der Waals surface area contributed by atoms with Crippen molar-refractivity contribution >= 4 is 15.9 Å². The van der Waals surface area contributed by atoms with Crippen LogP contribution in [0, 0.1) is 5.92 Å². The number of phenolic OH excluding ortho intramolecular Hbond substituents is 1. The van der Waals surface area contributed by atoms with E-state index in [2.05, 4.69) is 35.1 Å². The Morgan fingerprint density at radius 3 is 2.65 bits per heavy atom. The lowest BCUT2D eigenvalue weighted by molar-refractivity contribution is 0.223. The number of benzene rings is 1. The third kappa shape index (κ3) is 4.66. The monoisotopic (exact) mass is 301 g/mol. The van der Waals surface area contributed by atoms with Crippen LogP contribution in [0.4, 0.5) is 0 Å². The number of para-hydroxylation sites is 1. The van der Waals surface area contributed by atoms with Crippen molar-refractivity contribution in [3.8, 4) is 5.75 Å². The van der Waals surface area contributed by atoms with Gasteiger partial charge in [-0.3, -0.25) is 0 Å². The summed E-state index contributed by atoms with van der Waals surface area (Å²) in [5.74, 6) is 0.803. The molecular formula is C13H20BrNO2. The number of hydrogen-bond donors (Lipinski definition) is 3. The summed E-state index contributed by atoms with van der Waals surface area (Å²) in [6.45, 7) is 4.93. The smallest absolute Gasteiger partial charge is 0.134 e. The van der Waals surface area contributed by atoms with Gasteiger partial charge in [0.15, 0.2) is 0 Å². The molecule has 0 amide bonds. The SMILES string of the molecule is CC(C)CC(CO)NCc1cccc(Br)c1O. The number of nitrogens with one attached hydrogen (secondary N) is 1. The summed E-state index contributed by atoms with van der Waals surface area (Å²) in [5, 5.41) is 22.3. The largest absolute Gasteiger partial charge is 0.506 e. The van der Waals surface area contributed by atoms with Crippen LogP contribution < -0.4 is 5.32 Å². The fourth-order valence-electron chi connectivity index (χ4n) is 1.75. The molecule has 0 saturated carbocycles. The molecule has 3 N–H and O–H groups in total. The first-order chi connectivity index (χ1) is 8.04. The zero-order chi connectivity index (χ0) is 12.8. The van der Waals surface area contributed by atoms with Crippen LogP contribution in [0.1, 0.15) is 25.8 Å². The van der Waals surface area contributed by atoms with Gasteiger partial charge in [0, 0.05) is 18.2 Å². The molecule has 1 aromatic rings. The highest BCUT2D eigenvalue weighted by molar-refractivity contribution is 9.10. The van der Waals surface area contributed by atoms with Crippen LogP contribution in [-0.4, -0.2) is 22.9 Å². The minimum absolute atomic E-state index is 0.0772. The van der Waals surface area contributed by atoms with Crippen LogP contribution in [-0.2, 0) is 6.54 Å². The molecule has 0 radical (unpaired) electrons. The first kappa shape index (κ1) is 14.5. The highest BCUT2D eigenvalue weighted by Crippen LogP contribution is 2.27. The number of aliphatic hydroxyl groups is 1. The van der Waals surface area contributed by atoms with Gasteiger partial charge in [0.1, 0.15) is 5.75 Å². The van der Waals surface area contributed by atoms with E-state index in [-0.39, 0.29) is 18.4 Å². The van der Waals surface area contributed by atoms with Gasteiger partial charge >= 0.3 is 0 Å². The molecule has 17 heavy (non-hydrogen) atoms. The van der Waals surface area contributed by atoms with Crippen molar-refractivity contribution in [2.24, 2.45) is 5.92 Å². The van der Waals surface area contributed by atoms with E-state index >= 15 is 0 Å². The summed E-state index contributed by atoms with van der Waals surface area (Å²) in [6, 6.07) is 5.64. The lowest BCUT2D eigenvalue weighted by Crippen LogP contribution is -2.33. The molecule has 0 saturated heterocycles. The Kier molecular flexibility index (Phi) is 5.95. The van der Waals surface area contributed by atoms with E-state index in [9.17, 15) is 10.2 Å². The van der Waals surface area contributed by atoms with Crippen LogP contribution >= 0.6 is 15.9 Å². The molecule has 4 heteroatoms. The second-order valence-corrected chi connectivity index (χ2v) is 5.49. The minimum Gasteiger partial charge on any atom is -0.506 e. The molecule has 0 aromatic heterocycles. The van der Waals surface area contributed by atoms with Crippen LogP contribution in [0.2, 0.25) is 0 Å². The molecule has 0 heterocycles. The van der Waals surface area contributed by atoms with E-state index in [0.29, 0.717) is 16.9 Å². The van der Waals surface area contributed by atoms with Crippen LogP contribution in [0.3, 0.4) is 0 Å². The summed E-state index contributed by atoms with van der Waals surface area (Å²) in [4.78, 5) is 0. The Morgan fingerprint density at radius 2 is 2.06 bits per heavy atom. The number of phenols is 1. The van der Waals surface area contributed by atoms with Crippen molar-refractivity contribution in [3.05, 3.63) is 28.2 Å². The second kappa shape index (κ2) is 6.99. The Hall–Kier alpha value is -0.580. The van der Waals surface area contributed by atoms with Crippen molar-refractivity contribution in [2.75, 3.05) is 6.61 Å². The molecule has 3 nitrogen and oxygen atoms in total. The second-order valence-electron chi connectivity index (χ2n) is 4.64. The lowest BCUT2D eigenvalue weighted by Gasteiger charge is -2.18. The molecule has 0 aliphatic carbocycles. The fourth-order valence-corrected chi connectivity index (χ4v) is 2.16. The Labute approximate surface area is 111 Å². The number of aromatic hydroxyl groups is 1. The van der Waals surface area contributed by atoms with E-state index in [1.807, 2.05) is 12.1 Å². The van der Waals surface area contributed by atoms with Crippen molar-refractivity contribution < 1.29 is 10.2 Å². The Balaban J connectivity index is 2.56. The normalized spacial score (nSPS) is 13.0. The van der Waals surface area contributed by atoms with Crippen molar-refractivity contribution in [3.63, 3.8) is 0 Å². The molecule has 0 aliphatic rings. The maximum absolute atomic E-state index is 9.82. The predicted octanol–water partition coefficient (Wildman–Crippen LogP) is 2.65. The highest BCUT2D eigenvalue weighted by atomic mass is 79.9. The van der Waals surface area contributed by atoms with Gasteiger partial charge < -0.3 is 15.5 Å². The van der Waals surface area contributed by atoms with Gasteiger partial charge in [-0.1, -0.05) is 26.0 Å². The molecular weight excluding hydrogens is 282 g/mol. The van der Waals surface area contributed by atoms with Crippen molar-refractivity contribution in [2.45, 2.75) is 32.9 Å².